The normalized spacial score (nSPS) is 6.53. The molecule has 1 N–H and O–H groups in total. The van der Waals surface area contributed by atoms with E-state index in [9.17, 15) is 0 Å². The molecule has 2 heterocycles. The summed E-state index contributed by atoms with van der Waals surface area (Å²) in [6.07, 6.45) is 8.00. The van der Waals surface area contributed by atoms with Gasteiger partial charge in [-0.15, -0.1) is 0 Å². The van der Waals surface area contributed by atoms with Crippen LogP contribution >= 0.6 is 0 Å². The minimum atomic E-state index is 0. The number of aromatic nitrogens is 2. The lowest BCUT2D eigenvalue weighted by Crippen LogP contribution is -1.75. The highest BCUT2D eigenvalue weighted by Gasteiger charge is 1.68. The Kier molecular flexibility index (Phi) is 35.1. The van der Waals surface area contributed by atoms with Crippen LogP contribution in [0.15, 0.2) is 49.1 Å². The first-order valence-electron chi connectivity index (χ1n) is 6.37. The molecule has 0 fully saturated rings. The summed E-state index contributed by atoms with van der Waals surface area (Å²) in [4.78, 5) is 0. The van der Waals surface area contributed by atoms with Crippen molar-refractivity contribution in [1.29, 1.82) is 0 Å². The number of aliphatic hydroxyl groups excluding tert-OH is 1. The van der Waals surface area contributed by atoms with Gasteiger partial charge in [0.1, 0.15) is 0 Å². The molecular weight excluding hydrogens is 235 g/mol. The molecule has 0 saturated carbocycles. The van der Waals surface area contributed by atoms with Crippen LogP contribution in [0, 0.1) is 0 Å². The standard InChI is InChI=1S/2C5H7N.2C2H6.CH4O.B/c2*1-6-4-2-3-5-6;3*1-2;/h2*2-5H,1H3;2*1-2H3;2H,1H3;. The van der Waals surface area contributed by atoms with E-state index in [1.165, 1.54) is 0 Å². The molecule has 4 heteroatoms. The molecule has 0 aromatic carbocycles. The van der Waals surface area contributed by atoms with Crippen LogP contribution in [0.2, 0.25) is 0 Å². The van der Waals surface area contributed by atoms with Gasteiger partial charge in [-0.25, -0.2) is 0 Å². The van der Waals surface area contributed by atoms with Crippen LogP contribution in [0.25, 0.3) is 0 Å². The van der Waals surface area contributed by atoms with E-state index in [1.54, 1.807) is 0 Å². The van der Waals surface area contributed by atoms with Crippen LogP contribution in [0.5, 0.6) is 0 Å². The Bertz CT molecular complexity index is 260. The number of nitrogens with zero attached hydrogens (tertiary/aromatic N) is 2. The van der Waals surface area contributed by atoms with Gasteiger partial charge >= 0.3 is 0 Å². The Morgan fingerprint density at radius 3 is 0.789 bits per heavy atom. The van der Waals surface area contributed by atoms with Crippen molar-refractivity contribution < 1.29 is 5.11 Å². The fraction of sp³-hybridized carbons (Fsp3) is 0.467. The fourth-order valence-electron chi connectivity index (χ4n) is 0.841. The van der Waals surface area contributed by atoms with E-state index in [-0.39, 0.29) is 8.41 Å². The summed E-state index contributed by atoms with van der Waals surface area (Å²) < 4.78 is 4.00. The minimum Gasteiger partial charge on any atom is -0.400 e. The molecule has 2 aromatic rings. The Morgan fingerprint density at radius 2 is 0.737 bits per heavy atom. The van der Waals surface area contributed by atoms with Crippen LogP contribution in [0.4, 0.5) is 0 Å². The van der Waals surface area contributed by atoms with Crippen molar-refractivity contribution in [2.75, 3.05) is 7.11 Å². The highest BCUT2D eigenvalue weighted by Crippen LogP contribution is 1.81. The topological polar surface area (TPSA) is 30.1 Å². The first-order valence-corrected chi connectivity index (χ1v) is 6.37. The summed E-state index contributed by atoms with van der Waals surface area (Å²) in [6, 6.07) is 8.00. The Hall–Kier alpha value is -1.42. The van der Waals surface area contributed by atoms with Crippen molar-refractivity contribution in [2.24, 2.45) is 14.1 Å². The van der Waals surface area contributed by atoms with Gasteiger partial charge in [-0.05, 0) is 24.3 Å². The fourth-order valence-corrected chi connectivity index (χ4v) is 0.841. The molecule has 2 aromatic heterocycles. The van der Waals surface area contributed by atoms with Gasteiger partial charge in [0.15, 0.2) is 0 Å². The van der Waals surface area contributed by atoms with Crippen molar-refractivity contribution in [3.8, 4) is 0 Å². The van der Waals surface area contributed by atoms with Crippen molar-refractivity contribution in [2.45, 2.75) is 27.7 Å². The van der Waals surface area contributed by atoms with Crippen LogP contribution in [-0.2, 0) is 14.1 Å². The lowest BCUT2D eigenvalue weighted by atomic mass is 10.7. The molecule has 0 bridgehead atoms. The monoisotopic (exact) mass is 265 g/mol. The van der Waals surface area contributed by atoms with Gasteiger partial charge in [-0.1, -0.05) is 27.7 Å². The molecule has 3 nitrogen and oxygen atoms in total. The van der Waals surface area contributed by atoms with Crippen LogP contribution in [0.3, 0.4) is 0 Å². The van der Waals surface area contributed by atoms with Crippen molar-refractivity contribution >= 4 is 8.41 Å². The summed E-state index contributed by atoms with van der Waals surface area (Å²) in [7, 11) is 5.00. The number of rotatable bonds is 0. The highest BCUT2D eigenvalue weighted by molar-refractivity contribution is 5.75. The lowest BCUT2D eigenvalue weighted by molar-refractivity contribution is 0.399. The molecule has 2 rings (SSSR count). The summed E-state index contributed by atoms with van der Waals surface area (Å²) in [6.45, 7) is 8.00. The molecule has 0 amide bonds. The second-order valence-corrected chi connectivity index (χ2v) is 2.70. The second-order valence-electron chi connectivity index (χ2n) is 2.70. The van der Waals surface area contributed by atoms with Gasteiger partial charge in [0, 0.05) is 54.4 Å². The third-order valence-electron chi connectivity index (χ3n) is 1.51. The Labute approximate surface area is 121 Å². The largest absolute Gasteiger partial charge is 0.400 e. The second kappa shape index (κ2) is 25.4. The van der Waals surface area contributed by atoms with Crippen LogP contribution < -0.4 is 0 Å². The Morgan fingerprint density at radius 1 is 0.579 bits per heavy atom. The van der Waals surface area contributed by atoms with Crippen molar-refractivity contribution in [3.05, 3.63) is 49.1 Å². The molecule has 0 aliphatic heterocycles. The third-order valence-corrected chi connectivity index (χ3v) is 1.51. The van der Waals surface area contributed by atoms with E-state index in [4.69, 9.17) is 5.11 Å². The first kappa shape index (κ1) is 26.2. The molecule has 0 spiro atoms. The summed E-state index contributed by atoms with van der Waals surface area (Å²) in [5.41, 5.74) is 0. The number of aryl methyl sites for hydroxylation is 2. The molecule has 0 unspecified atom stereocenters. The first-order chi connectivity index (χ1) is 8.79. The zero-order chi connectivity index (χ0) is 14.8. The SMILES string of the molecule is CC.CC.CO.Cn1cccc1.Cn1cccc1.[B]. The summed E-state index contributed by atoms with van der Waals surface area (Å²) in [5.74, 6) is 0. The number of hydrogen-bond donors (Lipinski definition) is 1. The lowest BCUT2D eigenvalue weighted by Gasteiger charge is -1.79. The average Bonchev–Trinajstić information content (AvgIpc) is 3.11. The zero-order valence-electron chi connectivity index (χ0n) is 13.5. The maximum Gasteiger partial charge on any atom is 0.0319 e. The van der Waals surface area contributed by atoms with E-state index in [1.807, 2.05) is 100.0 Å². The molecule has 0 atom stereocenters. The van der Waals surface area contributed by atoms with Crippen molar-refractivity contribution in [3.63, 3.8) is 0 Å². The molecule has 0 aliphatic carbocycles. The molecular formula is C15H30BN2O. The van der Waals surface area contributed by atoms with Gasteiger partial charge < -0.3 is 14.2 Å². The highest BCUT2D eigenvalue weighted by atomic mass is 16.2. The van der Waals surface area contributed by atoms with E-state index in [0.717, 1.165) is 7.11 Å². The number of hydrogen-bond acceptors (Lipinski definition) is 1. The predicted molar refractivity (Wildman–Crippen MR) is 87.4 cm³/mol. The van der Waals surface area contributed by atoms with Gasteiger partial charge in [-0.3, -0.25) is 0 Å². The van der Waals surface area contributed by atoms with E-state index >= 15 is 0 Å². The van der Waals surface area contributed by atoms with E-state index < -0.39 is 0 Å². The van der Waals surface area contributed by atoms with Crippen molar-refractivity contribution in [1.82, 2.24) is 9.13 Å². The van der Waals surface area contributed by atoms with E-state index in [0.29, 0.717) is 0 Å². The molecule has 3 radical (unpaired) electrons. The van der Waals surface area contributed by atoms with Gasteiger partial charge in [0.25, 0.3) is 0 Å². The summed E-state index contributed by atoms with van der Waals surface area (Å²) >= 11 is 0. The zero-order valence-corrected chi connectivity index (χ0v) is 13.5. The Balaban J connectivity index is -0.0000000825. The summed E-state index contributed by atoms with van der Waals surface area (Å²) in [5, 5.41) is 7.00. The average molecular weight is 265 g/mol. The smallest absolute Gasteiger partial charge is 0.0319 e. The minimum absolute atomic E-state index is 0. The molecule has 19 heavy (non-hydrogen) atoms. The molecule has 109 valence electrons. The maximum atomic E-state index is 7.00. The van der Waals surface area contributed by atoms with Crippen LogP contribution in [0.1, 0.15) is 27.7 Å². The number of aliphatic hydroxyl groups is 1. The van der Waals surface area contributed by atoms with Gasteiger partial charge in [0.05, 0.1) is 0 Å². The predicted octanol–water partition coefficient (Wildman–Crippen LogP) is 3.33. The van der Waals surface area contributed by atoms with Crippen LogP contribution in [-0.4, -0.2) is 29.8 Å². The third kappa shape index (κ3) is 22.3. The van der Waals surface area contributed by atoms with Gasteiger partial charge in [-0.2, -0.15) is 0 Å². The molecule has 0 saturated heterocycles. The quantitative estimate of drug-likeness (QED) is 0.727. The molecule has 0 aliphatic rings. The van der Waals surface area contributed by atoms with E-state index in [2.05, 4.69) is 0 Å². The van der Waals surface area contributed by atoms with Gasteiger partial charge in [0.2, 0.25) is 0 Å². The maximum absolute atomic E-state index is 7.00.